The van der Waals surface area contributed by atoms with Crippen molar-refractivity contribution in [2.75, 3.05) is 0 Å². The van der Waals surface area contributed by atoms with E-state index in [2.05, 4.69) is 34.6 Å². The maximum atomic E-state index is 11.5. The fourth-order valence-corrected chi connectivity index (χ4v) is 3.07. The molecule has 0 aliphatic heterocycles. The van der Waals surface area contributed by atoms with Gasteiger partial charge in [0.2, 0.25) is 0 Å². The van der Waals surface area contributed by atoms with Crippen LogP contribution in [0.4, 0.5) is 0 Å². The van der Waals surface area contributed by atoms with Crippen LogP contribution in [-0.4, -0.2) is 22.3 Å². The number of hydrogen-bond donors (Lipinski definition) is 1. The molecule has 1 N–H and O–H groups in total. The molecule has 0 fully saturated rings. The molecule has 124 valence electrons. The summed E-state index contributed by atoms with van der Waals surface area (Å²) < 4.78 is 6.35. The van der Waals surface area contributed by atoms with E-state index in [1.54, 1.807) is 25.2 Å². The normalized spacial score (nSPS) is 33.6. The average Bonchev–Trinajstić information content (AvgIpc) is 2.26. The minimum Gasteiger partial charge on any atom is -0.480 e. The minimum atomic E-state index is -1.01. The van der Waals surface area contributed by atoms with Crippen molar-refractivity contribution in [1.82, 2.24) is 0 Å². The van der Waals surface area contributed by atoms with Crippen LogP contribution < -0.4 is 0 Å². The van der Waals surface area contributed by atoms with Crippen molar-refractivity contribution < 1.29 is 14.6 Å². The van der Waals surface area contributed by atoms with E-state index in [0.29, 0.717) is 0 Å². The molecule has 2 unspecified atom stereocenters. The first-order valence-electron chi connectivity index (χ1n) is 7.78. The Labute approximate surface area is 134 Å². The smallest absolute Gasteiger partial charge is 0.317 e. The van der Waals surface area contributed by atoms with E-state index in [1.165, 1.54) is 0 Å². The van der Waals surface area contributed by atoms with Gasteiger partial charge >= 0.3 is 5.97 Å². The molecule has 0 aromatic heterocycles. The molecule has 3 nitrogen and oxygen atoms in total. The fraction of sp³-hybridized carbons (Fsp3) is 0.632. The van der Waals surface area contributed by atoms with E-state index < -0.39 is 17.0 Å². The van der Waals surface area contributed by atoms with Crippen LogP contribution in [0.15, 0.2) is 36.5 Å². The molecule has 22 heavy (non-hydrogen) atoms. The molecule has 0 saturated heterocycles. The summed E-state index contributed by atoms with van der Waals surface area (Å²) in [5.41, 5.74) is -1.80. The Kier molecular flexibility index (Phi) is 5.13. The van der Waals surface area contributed by atoms with Gasteiger partial charge in [0.15, 0.2) is 0 Å². The first-order valence-corrected chi connectivity index (χ1v) is 7.78. The zero-order valence-electron chi connectivity index (χ0n) is 14.9. The molecule has 0 saturated carbocycles. The Balaban J connectivity index is 3.05. The summed E-state index contributed by atoms with van der Waals surface area (Å²) in [5, 5.41) is 9.40. The van der Waals surface area contributed by atoms with Crippen molar-refractivity contribution in [1.29, 1.82) is 0 Å². The topological polar surface area (TPSA) is 46.5 Å². The summed E-state index contributed by atoms with van der Waals surface area (Å²) >= 11 is 0. The monoisotopic (exact) mass is 306 g/mol. The molecule has 1 aliphatic rings. The minimum absolute atomic E-state index is 0.157. The van der Waals surface area contributed by atoms with E-state index in [9.17, 15) is 9.90 Å². The number of ether oxygens (including phenoxy) is 1. The van der Waals surface area contributed by atoms with E-state index in [4.69, 9.17) is 4.74 Å². The SMILES string of the molecule is CC(C)(C)CC(C)(C)OC1(C)/C=C\C=C/C(C)(C(=O)O)/C=C\1. The quantitative estimate of drug-likeness (QED) is 0.762. The second-order valence-corrected chi connectivity index (χ2v) is 8.42. The summed E-state index contributed by atoms with van der Waals surface area (Å²) in [6.07, 6.45) is 11.7. The van der Waals surface area contributed by atoms with Crippen LogP contribution in [0.3, 0.4) is 0 Å². The van der Waals surface area contributed by atoms with Gasteiger partial charge in [0, 0.05) is 0 Å². The molecule has 0 bridgehead atoms. The summed E-state index contributed by atoms with van der Waals surface area (Å²) in [5.74, 6) is -0.869. The highest BCUT2D eigenvalue weighted by Crippen LogP contribution is 2.35. The van der Waals surface area contributed by atoms with Crippen molar-refractivity contribution in [3.63, 3.8) is 0 Å². The molecular weight excluding hydrogens is 276 g/mol. The zero-order chi connectivity index (χ0) is 17.2. The standard InChI is InChI=1S/C19H30O3/c1-16(2,3)14-17(4,5)22-19(7)11-9-8-10-18(6,12-13-19)15(20)21/h8-13H,14H2,1-7H3,(H,20,21)/b10-8-,11-9-,13-12-. The van der Waals surface area contributed by atoms with Gasteiger partial charge in [-0.25, -0.2) is 0 Å². The Morgan fingerprint density at radius 3 is 2.05 bits per heavy atom. The average molecular weight is 306 g/mol. The molecule has 0 amide bonds. The number of aliphatic carboxylic acids is 1. The molecule has 2 atom stereocenters. The highest BCUT2D eigenvalue weighted by Gasteiger charge is 2.35. The van der Waals surface area contributed by atoms with Crippen LogP contribution in [0.2, 0.25) is 0 Å². The summed E-state index contributed by atoms with van der Waals surface area (Å²) in [7, 11) is 0. The number of allylic oxidation sites excluding steroid dienone is 2. The lowest BCUT2D eigenvalue weighted by molar-refractivity contribution is -0.142. The molecular formula is C19H30O3. The lowest BCUT2D eigenvalue weighted by Crippen LogP contribution is -2.39. The van der Waals surface area contributed by atoms with Crippen molar-refractivity contribution in [3.05, 3.63) is 36.5 Å². The zero-order valence-corrected chi connectivity index (χ0v) is 14.9. The summed E-state index contributed by atoms with van der Waals surface area (Å²) in [6.45, 7) is 14.4. The number of carbonyl (C=O) groups is 1. The van der Waals surface area contributed by atoms with Gasteiger partial charge in [-0.2, -0.15) is 0 Å². The summed E-state index contributed by atoms with van der Waals surface area (Å²) in [4.78, 5) is 11.5. The highest BCUT2D eigenvalue weighted by atomic mass is 16.5. The van der Waals surface area contributed by atoms with Crippen LogP contribution in [0, 0.1) is 10.8 Å². The molecule has 1 aliphatic carbocycles. The molecule has 0 aromatic rings. The van der Waals surface area contributed by atoms with Crippen LogP contribution in [-0.2, 0) is 9.53 Å². The maximum absolute atomic E-state index is 11.5. The Morgan fingerprint density at radius 2 is 1.55 bits per heavy atom. The molecule has 3 heteroatoms. The molecule has 0 radical (unpaired) electrons. The van der Waals surface area contributed by atoms with Crippen LogP contribution >= 0.6 is 0 Å². The van der Waals surface area contributed by atoms with E-state index in [-0.39, 0.29) is 11.0 Å². The van der Waals surface area contributed by atoms with Crippen LogP contribution in [0.1, 0.15) is 54.9 Å². The van der Waals surface area contributed by atoms with E-state index in [0.717, 1.165) is 6.42 Å². The predicted molar refractivity (Wildman–Crippen MR) is 90.8 cm³/mol. The summed E-state index contributed by atoms with van der Waals surface area (Å²) in [6, 6.07) is 0. The van der Waals surface area contributed by atoms with Gasteiger partial charge in [0.1, 0.15) is 11.0 Å². The first-order chi connectivity index (χ1) is 9.77. The molecule has 0 spiro atoms. The van der Waals surface area contributed by atoms with Gasteiger partial charge in [-0.15, -0.1) is 0 Å². The third-order valence-corrected chi connectivity index (χ3v) is 3.65. The van der Waals surface area contributed by atoms with Crippen molar-refractivity contribution in [2.24, 2.45) is 10.8 Å². The Bertz CT molecular complexity index is 505. The third-order valence-electron chi connectivity index (χ3n) is 3.65. The highest BCUT2D eigenvalue weighted by molar-refractivity contribution is 5.79. The molecule has 0 heterocycles. The second kappa shape index (κ2) is 6.04. The van der Waals surface area contributed by atoms with Crippen LogP contribution in [0.5, 0.6) is 0 Å². The van der Waals surface area contributed by atoms with Crippen molar-refractivity contribution in [2.45, 2.75) is 66.1 Å². The van der Waals surface area contributed by atoms with Gasteiger partial charge in [0.25, 0.3) is 0 Å². The van der Waals surface area contributed by atoms with Crippen LogP contribution in [0.25, 0.3) is 0 Å². The number of rotatable bonds is 4. The van der Waals surface area contributed by atoms with Gasteiger partial charge in [-0.1, -0.05) is 51.2 Å². The first kappa shape index (κ1) is 18.7. The Morgan fingerprint density at radius 1 is 1.00 bits per heavy atom. The van der Waals surface area contributed by atoms with Crippen molar-refractivity contribution in [3.8, 4) is 0 Å². The largest absolute Gasteiger partial charge is 0.480 e. The second-order valence-electron chi connectivity index (χ2n) is 8.42. The van der Waals surface area contributed by atoms with Gasteiger partial charge < -0.3 is 9.84 Å². The number of carboxylic acid groups (broad SMARTS) is 1. The maximum Gasteiger partial charge on any atom is 0.317 e. The predicted octanol–water partition coefficient (Wildman–Crippen LogP) is 4.75. The molecule has 0 aromatic carbocycles. The lowest BCUT2D eigenvalue weighted by Gasteiger charge is -2.39. The van der Waals surface area contributed by atoms with Gasteiger partial charge in [-0.3, -0.25) is 4.79 Å². The van der Waals surface area contributed by atoms with Gasteiger partial charge in [-0.05, 0) is 45.6 Å². The third kappa shape index (κ3) is 5.45. The number of hydrogen-bond acceptors (Lipinski definition) is 2. The Hall–Kier alpha value is -1.35. The lowest BCUT2D eigenvalue weighted by atomic mass is 9.82. The molecule has 1 rings (SSSR count). The fourth-order valence-electron chi connectivity index (χ4n) is 3.07. The van der Waals surface area contributed by atoms with E-state index in [1.807, 2.05) is 25.2 Å². The van der Waals surface area contributed by atoms with Gasteiger partial charge in [0.05, 0.1) is 5.60 Å². The van der Waals surface area contributed by atoms with E-state index >= 15 is 0 Å². The number of carboxylic acids is 1. The van der Waals surface area contributed by atoms with Crippen molar-refractivity contribution >= 4 is 5.97 Å².